The largest absolute Gasteiger partial charge is 0.508 e. The molecule has 0 aromatic heterocycles. The van der Waals surface area contributed by atoms with Gasteiger partial charge in [-0.1, -0.05) is 64.8 Å². The third-order valence-corrected chi connectivity index (χ3v) is 10.1. The third kappa shape index (κ3) is 13.6. The quantitative estimate of drug-likeness (QED) is 0.0907. The van der Waals surface area contributed by atoms with E-state index < -0.39 is 77.7 Å². The van der Waals surface area contributed by atoms with Crippen LogP contribution in [0.5, 0.6) is 5.75 Å². The fourth-order valence-electron chi connectivity index (χ4n) is 6.68. The Balaban J connectivity index is 1.95. The van der Waals surface area contributed by atoms with Gasteiger partial charge in [-0.2, -0.15) is 0 Å². The van der Waals surface area contributed by atoms with E-state index in [-0.39, 0.29) is 44.3 Å². The zero-order valence-electron chi connectivity index (χ0n) is 32.6. The van der Waals surface area contributed by atoms with E-state index in [9.17, 15) is 39.0 Å². The first kappa shape index (κ1) is 44.9. The molecule has 55 heavy (non-hydrogen) atoms. The first-order chi connectivity index (χ1) is 26.2. The van der Waals surface area contributed by atoms with Crippen molar-refractivity contribution >= 4 is 35.5 Å². The fourth-order valence-corrected chi connectivity index (χ4v) is 6.68. The van der Waals surface area contributed by atoms with Crippen molar-refractivity contribution in [3.05, 3.63) is 41.5 Å². The number of nitrogens with zero attached hydrogens (tertiary/aromatic N) is 1. The number of hydrogen-bond donors (Lipinski definition) is 8. The number of nitrogens with two attached hydrogens (primary N) is 2. The summed E-state index contributed by atoms with van der Waals surface area (Å²) in [6, 6.07) is -1.67. The van der Waals surface area contributed by atoms with Crippen LogP contribution in [0.25, 0.3) is 0 Å². The Kier molecular flexibility index (Phi) is 18.0. The van der Waals surface area contributed by atoms with Crippen molar-refractivity contribution in [3.63, 3.8) is 0 Å². The van der Waals surface area contributed by atoms with Crippen molar-refractivity contribution in [3.8, 4) is 5.75 Å². The molecule has 3 rings (SSSR count). The van der Waals surface area contributed by atoms with Crippen molar-refractivity contribution < 1.29 is 43.7 Å². The lowest BCUT2D eigenvalue weighted by atomic mass is 9.95. The number of rotatable bonds is 15. The van der Waals surface area contributed by atoms with Crippen LogP contribution in [0, 0.1) is 11.8 Å². The minimum atomic E-state index is -1.23. The number of carbonyl (C=O) groups excluding carboxylic acids is 5. The average molecular weight is 772 g/mol. The van der Waals surface area contributed by atoms with E-state index >= 15 is 0 Å². The first-order valence-electron chi connectivity index (χ1n) is 19.4. The number of phenolic OH excluding ortho intramolecular Hbond substituents is 1. The second kappa shape index (κ2) is 22.1. The minimum Gasteiger partial charge on any atom is -0.508 e. The highest BCUT2D eigenvalue weighted by Crippen LogP contribution is 2.23. The van der Waals surface area contributed by atoms with Crippen molar-refractivity contribution in [1.82, 2.24) is 26.2 Å². The van der Waals surface area contributed by atoms with Gasteiger partial charge in [0.25, 0.3) is 0 Å². The zero-order valence-corrected chi connectivity index (χ0v) is 32.6. The number of aromatic hydroxyl groups is 1. The van der Waals surface area contributed by atoms with Gasteiger partial charge in [0.05, 0.1) is 19.3 Å². The number of hydrogen-bond acceptors (Lipinski definition) is 10. The topological polar surface area (TPSA) is 256 Å². The molecule has 0 spiro atoms. The van der Waals surface area contributed by atoms with Crippen molar-refractivity contribution in [2.24, 2.45) is 23.3 Å². The van der Waals surface area contributed by atoms with Gasteiger partial charge in [-0.3, -0.25) is 24.0 Å². The third-order valence-electron chi connectivity index (χ3n) is 10.1. The van der Waals surface area contributed by atoms with Crippen LogP contribution in [-0.2, 0) is 46.3 Å². The van der Waals surface area contributed by atoms with Gasteiger partial charge in [0, 0.05) is 13.0 Å². The molecule has 16 heteroatoms. The molecule has 7 atom stereocenters. The van der Waals surface area contributed by atoms with Crippen LogP contribution in [0.2, 0.25) is 0 Å². The number of carbonyl (C=O) groups is 6. The van der Waals surface area contributed by atoms with Gasteiger partial charge in [-0.25, -0.2) is 4.79 Å². The molecule has 0 saturated carbocycles. The summed E-state index contributed by atoms with van der Waals surface area (Å²) in [4.78, 5) is 82.2. The number of carboxylic acid groups (broad SMARTS) is 1. The molecule has 2 aliphatic heterocycles. The molecule has 10 N–H and O–H groups in total. The van der Waals surface area contributed by atoms with Crippen LogP contribution in [-0.4, -0.2) is 113 Å². The number of ether oxygens (including phenoxy) is 1. The van der Waals surface area contributed by atoms with Crippen molar-refractivity contribution in [2.75, 3.05) is 26.3 Å². The molecule has 1 aromatic rings. The van der Waals surface area contributed by atoms with E-state index in [1.54, 1.807) is 31.2 Å². The summed E-state index contributed by atoms with van der Waals surface area (Å²) in [6.07, 6.45) is 6.93. The maximum absolute atomic E-state index is 14.2. The molecule has 2 heterocycles. The summed E-state index contributed by atoms with van der Waals surface area (Å²) in [7, 11) is 0. The Morgan fingerprint density at radius 2 is 1.82 bits per heavy atom. The van der Waals surface area contributed by atoms with E-state index in [0.29, 0.717) is 62.6 Å². The van der Waals surface area contributed by atoms with E-state index in [0.717, 1.165) is 0 Å². The van der Waals surface area contributed by atoms with E-state index in [1.165, 1.54) is 11.0 Å². The van der Waals surface area contributed by atoms with Crippen LogP contribution >= 0.6 is 0 Å². The molecule has 16 nitrogen and oxygen atoms in total. The number of phenols is 1. The highest BCUT2D eigenvalue weighted by molar-refractivity contribution is 5.96. The molecule has 2 aliphatic rings. The normalized spacial score (nSPS) is 21.7. The minimum absolute atomic E-state index is 0.0214. The Bertz CT molecular complexity index is 1520. The summed E-state index contributed by atoms with van der Waals surface area (Å²) >= 11 is 0. The Morgan fingerprint density at radius 1 is 1.07 bits per heavy atom. The van der Waals surface area contributed by atoms with Gasteiger partial charge in [-0.05, 0) is 74.1 Å². The molecule has 1 saturated heterocycles. The molecule has 0 radical (unpaired) electrons. The molecule has 2 bridgehead atoms. The summed E-state index contributed by atoms with van der Waals surface area (Å²) in [6.45, 7) is 7.87. The van der Waals surface area contributed by atoms with E-state index in [1.807, 2.05) is 20.8 Å². The second-order valence-electron chi connectivity index (χ2n) is 15.0. The molecular weight excluding hydrogens is 710 g/mol. The molecular formula is C39H61N7O9. The Hall–Kier alpha value is -4.54. The van der Waals surface area contributed by atoms with Crippen molar-refractivity contribution in [1.29, 1.82) is 0 Å². The number of aliphatic carboxylic acids is 1. The van der Waals surface area contributed by atoms with Gasteiger partial charge in [-0.15, -0.1) is 0 Å². The molecule has 306 valence electrons. The van der Waals surface area contributed by atoms with Gasteiger partial charge >= 0.3 is 5.97 Å². The Labute approximate surface area is 323 Å². The number of benzene rings is 1. The van der Waals surface area contributed by atoms with Crippen LogP contribution in [0.3, 0.4) is 0 Å². The summed E-state index contributed by atoms with van der Waals surface area (Å²) in [5.41, 5.74) is 12.9. The molecule has 1 fully saturated rings. The predicted molar refractivity (Wildman–Crippen MR) is 205 cm³/mol. The lowest BCUT2D eigenvalue weighted by Gasteiger charge is -2.31. The molecule has 0 aliphatic carbocycles. The summed E-state index contributed by atoms with van der Waals surface area (Å²) < 4.78 is 5.78. The summed E-state index contributed by atoms with van der Waals surface area (Å²) in [5.74, 6) is -4.61. The SMILES string of the molecule is CC[C@H](C)[C@H](NC(=O)[C@@H]1Cc2ccc(O)c(c2)CC=CCOC[C@H](NC(=O)[C@@H](N)CCCCN)C(=O)N2CCC[C@H]2C(=O)N1)C(=O)N[C@@H](CC(C)C)C(=O)O. The Morgan fingerprint density at radius 3 is 2.49 bits per heavy atom. The van der Waals surface area contributed by atoms with Crippen molar-refractivity contribution in [2.45, 2.75) is 122 Å². The number of nitrogens with one attached hydrogen (secondary N) is 4. The fraction of sp³-hybridized carbons (Fsp3) is 0.641. The van der Waals surface area contributed by atoms with Crippen LogP contribution < -0.4 is 32.7 Å². The van der Waals surface area contributed by atoms with Crippen LogP contribution in [0.15, 0.2) is 30.4 Å². The number of fused-ring (bicyclic) bond motifs is 3. The number of carboxylic acids is 1. The summed E-state index contributed by atoms with van der Waals surface area (Å²) in [5, 5.41) is 31.3. The van der Waals surface area contributed by atoms with E-state index in [2.05, 4.69) is 21.3 Å². The van der Waals surface area contributed by atoms with Gasteiger partial charge in [0.2, 0.25) is 29.5 Å². The van der Waals surface area contributed by atoms with Crippen LogP contribution in [0.1, 0.15) is 83.8 Å². The predicted octanol–water partition coefficient (Wildman–Crippen LogP) is 0.627. The smallest absolute Gasteiger partial charge is 0.326 e. The molecule has 0 unspecified atom stereocenters. The van der Waals surface area contributed by atoms with Gasteiger partial charge in [0.1, 0.15) is 36.0 Å². The number of unbranched alkanes of at least 4 members (excludes halogenated alkanes) is 1. The number of allylic oxidation sites excluding steroid dienone is 1. The maximum Gasteiger partial charge on any atom is 0.326 e. The molecule has 1 aromatic carbocycles. The van der Waals surface area contributed by atoms with Gasteiger partial charge < -0.3 is 52.6 Å². The highest BCUT2D eigenvalue weighted by atomic mass is 16.5. The lowest BCUT2D eigenvalue weighted by molar-refractivity contribution is -0.144. The highest BCUT2D eigenvalue weighted by Gasteiger charge is 2.40. The standard InChI is InChI=1S/C39H61N7O9/c1-5-24(4)33(37(51)43-29(39(53)54)19-23(2)3)45-35(49)28-21-25-14-15-32(47)26(20-25)11-7-9-18-55-22-30(44-34(48)27(41)12-6-8-16-40)38(52)46-17-10-13-31(46)36(50)42-28/h7,9,14-15,20,23-24,27-31,33,47H,5-6,8,10-13,16-19,21-22,40-41H2,1-4H3,(H,42,50)(H,43,51)(H,44,48)(H,45,49)(H,53,54)/t24-,27-,28-,29-,30-,31-,33-/m0/s1. The average Bonchev–Trinajstić information content (AvgIpc) is 3.64. The number of amides is 5. The molecule has 5 amide bonds. The second-order valence-corrected chi connectivity index (χ2v) is 15.0. The van der Waals surface area contributed by atoms with E-state index in [4.69, 9.17) is 16.2 Å². The first-order valence-corrected chi connectivity index (χ1v) is 19.4. The monoisotopic (exact) mass is 771 g/mol. The maximum atomic E-state index is 14.2. The van der Waals surface area contributed by atoms with Gasteiger partial charge in [0.15, 0.2) is 0 Å². The van der Waals surface area contributed by atoms with Crippen LogP contribution in [0.4, 0.5) is 0 Å². The zero-order chi connectivity index (χ0) is 40.7. The lowest BCUT2D eigenvalue weighted by Crippen LogP contribution is -2.60.